The van der Waals surface area contributed by atoms with Gasteiger partial charge in [-0.05, 0) is 59.0 Å². The molecule has 0 atom stereocenters. The molecule has 0 unspecified atom stereocenters. The van der Waals surface area contributed by atoms with Crippen LogP contribution in [0.15, 0.2) is 67.0 Å². The number of benzene rings is 2. The molecule has 5 nitrogen and oxygen atoms in total. The Morgan fingerprint density at radius 2 is 1.75 bits per heavy atom. The van der Waals surface area contributed by atoms with E-state index in [4.69, 9.17) is 5.11 Å². The first-order valence-corrected chi connectivity index (χ1v) is 9.32. The van der Waals surface area contributed by atoms with Crippen LogP contribution in [0.1, 0.15) is 12.0 Å². The summed E-state index contributed by atoms with van der Waals surface area (Å²) < 4.78 is 0. The fraction of sp³-hybridized carbons (Fsp3) is 0.130. The molecule has 0 spiro atoms. The number of hydrogen-bond donors (Lipinski definition) is 2. The molecule has 4 aromatic rings. The maximum absolute atomic E-state index is 11.1. The molecule has 138 valence electrons. The fourth-order valence-electron chi connectivity index (χ4n) is 3.93. The molecule has 0 aliphatic carbocycles. The topological polar surface area (TPSA) is 69.2 Å². The Bertz CT molecular complexity index is 1220. The van der Waals surface area contributed by atoms with E-state index in [0.717, 1.165) is 34.1 Å². The molecule has 28 heavy (non-hydrogen) atoms. The number of aromatic nitrogens is 2. The van der Waals surface area contributed by atoms with E-state index in [1.165, 1.54) is 21.2 Å². The summed E-state index contributed by atoms with van der Waals surface area (Å²) in [5.74, 6) is 0. The number of hydrogen-bond acceptors (Lipinski definition) is 2. The molecule has 0 saturated carbocycles. The molecule has 0 bridgehead atoms. The van der Waals surface area contributed by atoms with Gasteiger partial charge in [-0.3, -0.25) is 4.98 Å². The number of fused-ring (bicyclic) bond motifs is 3. The van der Waals surface area contributed by atoms with Crippen molar-refractivity contribution in [3.05, 3.63) is 72.6 Å². The highest BCUT2D eigenvalue weighted by Crippen LogP contribution is 2.32. The van der Waals surface area contributed by atoms with Crippen molar-refractivity contribution in [2.45, 2.75) is 6.42 Å². The second kappa shape index (κ2) is 6.53. The second-order valence-corrected chi connectivity index (χ2v) is 7.09. The number of H-pyrrole nitrogens is 1. The van der Waals surface area contributed by atoms with Crippen LogP contribution in [0.4, 0.5) is 4.79 Å². The van der Waals surface area contributed by atoms with E-state index in [1.54, 1.807) is 12.4 Å². The van der Waals surface area contributed by atoms with E-state index in [9.17, 15) is 4.79 Å². The van der Waals surface area contributed by atoms with Gasteiger partial charge in [0.25, 0.3) is 0 Å². The van der Waals surface area contributed by atoms with Gasteiger partial charge in [0, 0.05) is 47.3 Å². The van der Waals surface area contributed by atoms with Gasteiger partial charge in [0.2, 0.25) is 0 Å². The lowest BCUT2D eigenvalue weighted by atomic mass is 9.97. The van der Waals surface area contributed by atoms with Gasteiger partial charge in [-0.1, -0.05) is 24.3 Å². The number of rotatable bonds is 2. The van der Waals surface area contributed by atoms with Crippen LogP contribution in [0.25, 0.3) is 38.5 Å². The van der Waals surface area contributed by atoms with Crippen LogP contribution < -0.4 is 0 Å². The number of carboxylic acid groups (broad SMARTS) is 1. The standard InChI is InChI=1S/C23H19N3O2/c27-23(28)26-11-7-16(8-12-26)17-2-4-21-20(13-17)19-3-1-18(14-22(19)25-21)15-5-9-24-10-6-15/h1-7,9-10,13-14,25H,8,11-12H2,(H,27,28). The fourth-order valence-corrected chi connectivity index (χ4v) is 3.93. The molecule has 1 aliphatic heterocycles. The molecule has 2 aromatic heterocycles. The lowest BCUT2D eigenvalue weighted by molar-refractivity contribution is 0.150. The number of aromatic amines is 1. The molecule has 1 aliphatic rings. The van der Waals surface area contributed by atoms with Gasteiger partial charge in [0.15, 0.2) is 0 Å². The average molecular weight is 369 g/mol. The molecule has 2 aromatic carbocycles. The third-order valence-electron chi connectivity index (χ3n) is 5.46. The molecular formula is C23H19N3O2. The average Bonchev–Trinajstić information content (AvgIpc) is 3.11. The molecule has 0 fully saturated rings. The van der Waals surface area contributed by atoms with Gasteiger partial charge in [0.05, 0.1) is 0 Å². The molecule has 5 heteroatoms. The minimum Gasteiger partial charge on any atom is -0.465 e. The van der Waals surface area contributed by atoms with Gasteiger partial charge in [-0.25, -0.2) is 4.79 Å². The number of nitrogens with zero attached hydrogens (tertiary/aromatic N) is 2. The number of amides is 1. The number of nitrogens with one attached hydrogen (secondary N) is 1. The van der Waals surface area contributed by atoms with Gasteiger partial charge in [-0.2, -0.15) is 0 Å². The van der Waals surface area contributed by atoms with Crippen molar-refractivity contribution in [1.82, 2.24) is 14.9 Å². The number of carbonyl (C=O) groups is 1. The quantitative estimate of drug-likeness (QED) is 0.513. The smallest absolute Gasteiger partial charge is 0.407 e. The maximum Gasteiger partial charge on any atom is 0.407 e. The van der Waals surface area contributed by atoms with Crippen LogP contribution in [-0.2, 0) is 0 Å². The van der Waals surface area contributed by atoms with Crippen molar-refractivity contribution in [2.24, 2.45) is 0 Å². The van der Waals surface area contributed by atoms with Crippen LogP contribution in [0.2, 0.25) is 0 Å². The zero-order chi connectivity index (χ0) is 19.1. The highest BCUT2D eigenvalue weighted by atomic mass is 16.4. The lowest BCUT2D eigenvalue weighted by Crippen LogP contribution is -2.33. The van der Waals surface area contributed by atoms with Crippen LogP contribution in [0.5, 0.6) is 0 Å². The minimum atomic E-state index is -0.854. The molecule has 3 heterocycles. The van der Waals surface area contributed by atoms with Gasteiger partial charge in [0.1, 0.15) is 0 Å². The Kier molecular flexibility index (Phi) is 3.86. The van der Waals surface area contributed by atoms with Crippen LogP contribution in [0.3, 0.4) is 0 Å². The molecular weight excluding hydrogens is 350 g/mol. The van der Waals surface area contributed by atoms with Crippen molar-refractivity contribution in [1.29, 1.82) is 0 Å². The summed E-state index contributed by atoms with van der Waals surface area (Å²) in [4.78, 5) is 20.1. The van der Waals surface area contributed by atoms with E-state index in [0.29, 0.717) is 13.1 Å². The predicted molar refractivity (Wildman–Crippen MR) is 111 cm³/mol. The summed E-state index contributed by atoms with van der Waals surface area (Å²) in [7, 11) is 0. The Balaban J connectivity index is 1.55. The minimum absolute atomic E-state index is 0.450. The van der Waals surface area contributed by atoms with Crippen molar-refractivity contribution >= 4 is 33.5 Å². The zero-order valence-corrected chi connectivity index (χ0v) is 15.2. The first-order chi connectivity index (χ1) is 13.7. The molecule has 1 amide bonds. The van der Waals surface area contributed by atoms with Crippen molar-refractivity contribution in [2.75, 3.05) is 13.1 Å². The SMILES string of the molecule is O=C(O)N1CC=C(c2ccc3[nH]c4cc(-c5ccncc5)ccc4c3c2)CC1. The van der Waals surface area contributed by atoms with Crippen molar-refractivity contribution in [3.8, 4) is 11.1 Å². The largest absolute Gasteiger partial charge is 0.465 e. The van der Waals surface area contributed by atoms with Crippen LogP contribution in [-0.4, -0.2) is 39.2 Å². The first-order valence-electron chi connectivity index (χ1n) is 9.32. The summed E-state index contributed by atoms with van der Waals surface area (Å²) in [6.45, 7) is 0.994. The third-order valence-corrected chi connectivity index (χ3v) is 5.46. The summed E-state index contributed by atoms with van der Waals surface area (Å²) in [6, 6.07) is 16.9. The summed E-state index contributed by atoms with van der Waals surface area (Å²) in [5.41, 5.74) is 6.89. The Morgan fingerprint density at radius 3 is 2.50 bits per heavy atom. The Labute approximate surface area is 161 Å². The molecule has 0 radical (unpaired) electrons. The van der Waals surface area contributed by atoms with Gasteiger partial charge in [-0.15, -0.1) is 0 Å². The van der Waals surface area contributed by atoms with E-state index in [1.807, 2.05) is 18.2 Å². The summed E-state index contributed by atoms with van der Waals surface area (Å²) in [6.07, 6.45) is 5.52. The zero-order valence-electron chi connectivity index (χ0n) is 15.2. The van der Waals surface area contributed by atoms with Crippen LogP contribution >= 0.6 is 0 Å². The molecule has 2 N–H and O–H groups in total. The Morgan fingerprint density at radius 1 is 0.929 bits per heavy atom. The third kappa shape index (κ3) is 2.81. The van der Waals surface area contributed by atoms with Crippen molar-refractivity contribution in [3.63, 3.8) is 0 Å². The summed E-state index contributed by atoms with van der Waals surface area (Å²) >= 11 is 0. The van der Waals surface area contributed by atoms with Gasteiger partial charge >= 0.3 is 6.09 Å². The maximum atomic E-state index is 11.1. The number of pyridine rings is 1. The first kappa shape index (κ1) is 16.6. The van der Waals surface area contributed by atoms with Crippen molar-refractivity contribution < 1.29 is 9.90 Å². The van der Waals surface area contributed by atoms with Gasteiger partial charge < -0.3 is 15.0 Å². The van der Waals surface area contributed by atoms with Crippen LogP contribution in [0, 0.1) is 0 Å². The summed E-state index contributed by atoms with van der Waals surface area (Å²) in [5, 5.41) is 11.5. The van der Waals surface area contributed by atoms with E-state index < -0.39 is 6.09 Å². The molecule has 5 rings (SSSR count). The lowest BCUT2D eigenvalue weighted by Gasteiger charge is -2.23. The molecule has 0 saturated heterocycles. The van der Waals surface area contributed by atoms with E-state index >= 15 is 0 Å². The monoisotopic (exact) mass is 369 g/mol. The van der Waals surface area contributed by atoms with E-state index in [-0.39, 0.29) is 0 Å². The predicted octanol–water partition coefficient (Wildman–Crippen LogP) is 5.15. The highest BCUT2D eigenvalue weighted by molar-refractivity contribution is 6.09. The second-order valence-electron chi connectivity index (χ2n) is 7.09. The normalized spacial score (nSPS) is 14.4. The van der Waals surface area contributed by atoms with E-state index in [2.05, 4.69) is 46.4 Å². The highest BCUT2D eigenvalue weighted by Gasteiger charge is 2.17. The Hall–Kier alpha value is -3.60.